The molecule has 0 aliphatic rings. The van der Waals surface area contributed by atoms with E-state index in [9.17, 15) is 9.18 Å². The second-order valence-corrected chi connectivity index (χ2v) is 5.46. The monoisotopic (exact) mass is 341 g/mol. The fourth-order valence-electron chi connectivity index (χ4n) is 1.56. The lowest BCUT2D eigenvalue weighted by molar-refractivity contribution is -0.142. The van der Waals surface area contributed by atoms with Gasteiger partial charge < -0.3 is 4.74 Å². The lowest BCUT2D eigenvalue weighted by atomic mass is 10.2. The summed E-state index contributed by atoms with van der Waals surface area (Å²) in [5.74, 6) is -0.786. The zero-order valence-electron chi connectivity index (χ0n) is 11.7. The number of nitrogens with one attached hydrogen (secondary N) is 1. The molecule has 0 aliphatic heterocycles. The summed E-state index contributed by atoms with van der Waals surface area (Å²) >= 11 is 6.96. The molecule has 0 saturated carbocycles. The van der Waals surface area contributed by atoms with Crippen molar-refractivity contribution in [3.05, 3.63) is 45.7 Å². The summed E-state index contributed by atoms with van der Waals surface area (Å²) in [6, 6.07) is 4.31. The molecule has 1 N–H and O–H groups in total. The molecule has 0 saturated heterocycles. The number of nitrogens with zero attached hydrogens (tertiary/aromatic N) is 2. The van der Waals surface area contributed by atoms with Crippen LogP contribution in [0.5, 0.6) is 0 Å². The normalized spacial score (nSPS) is 10.9. The summed E-state index contributed by atoms with van der Waals surface area (Å²) in [7, 11) is 0. The number of aromatic nitrogens is 1. The Kier molecular flexibility index (Phi) is 5.85. The van der Waals surface area contributed by atoms with Crippen molar-refractivity contribution in [2.45, 2.75) is 13.3 Å². The van der Waals surface area contributed by atoms with Gasteiger partial charge in [-0.1, -0.05) is 11.6 Å². The van der Waals surface area contributed by atoms with Crippen molar-refractivity contribution in [3.8, 4) is 0 Å². The van der Waals surface area contributed by atoms with E-state index in [-0.39, 0.29) is 12.4 Å². The largest absolute Gasteiger partial charge is 0.466 e. The number of rotatable bonds is 6. The Hall–Kier alpha value is -1.99. The molecule has 5 nitrogen and oxygen atoms in total. The molecular weight excluding hydrogens is 329 g/mol. The maximum atomic E-state index is 13.5. The number of halogens is 2. The number of carbonyl (C=O) groups excluding carboxylic acids is 1. The second-order valence-electron chi connectivity index (χ2n) is 4.16. The molecular formula is C14H13ClFN3O2S. The van der Waals surface area contributed by atoms with Crippen LogP contribution in [-0.2, 0) is 16.0 Å². The number of hydrazone groups is 1. The Bertz CT molecular complexity index is 690. The van der Waals surface area contributed by atoms with Crippen molar-refractivity contribution in [1.82, 2.24) is 4.98 Å². The molecule has 0 radical (unpaired) electrons. The minimum atomic E-state index is -0.458. The van der Waals surface area contributed by atoms with Crippen molar-refractivity contribution in [2.24, 2.45) is 5.10 Å². The zero-order chi connectivity index (χ0) is 15.9. The van der Waals surface area contributed by atoms with Crippen LogP contribution in [0.25, 0.3) is 0 Å². The molecule has 1 aromatic carbocycles. The quantitative estimate of drug-likeness (QED) is 0.496. The predicted octanol–water partition coefficient (Wildman–Crippen LogP) is 3.49. The Balaban J connectivity index is 1.93. The third-order valence-electron chi connectivity index (χ3n) is 2.51. The number of carbonyl (C=O) groups is 1. The molecule has 0 unspecified atom stereocenters. The molecule has 0 fully saturated rings. The lowest BCUT2D eigenvalue weighted by Gasteiger charge is -1.98. The number of anilines is 1. The van der Waals surface area contributed by atoms with Gasteiger partial charge in [-0.25, -0.2) is 9.37 Å². The van der Waals surface area contributed by atoms with Gasteiger partial charge in [-0.2, -0.15) is 5.10 Å². The van der Waals surface area contributed by atoms with Crippen LogP contribution in [0.4, 0.5) is 9.52 Å². The summed E-state index contributed by atoms with van der Waals surface area (Å²) in [5, 5.41) is 6.47. The first-order valence-corrected chi connectivity index (χ1v) is 7.68. The fraction of sp³-hybridized carbons (Fsp3) is 0.214. The minimum absolute atomic E-state index is 0.113. The van der Waals surface area contributed by atoms with Gasteiger partial charge in [0.25, 0.3) is 0 Å². The van der Waals surface area contributed by atoms with Gasteiger partial charge in [-0.05, 0) is 25.1 Å². The van der Waals surface area contributed by atoms with Crippen LogP contribution in [-0.4, -0.2) is 23.8 Å². The third-order valence-corrected chi connectivity index (χ3v) is 3.54. The summed E-state index contributed by atoms with van der Waals surface area (Å²) in [6.45, 7) is 2.08. The first kappa shape index (κ1) is 16.4. The van der Waals surface area contributed by atoms with Crippen molar-refractivity contribution in [3.63, 3.8) is 0 Å². The van der Waals surface area contributed by atoms with E-state index in [1.165, 1.54) is 29.7 Å². The zero-order valence-corrected chi connectivity index (χ0v) is 13.2. The molecule has 2 aromatic rings. The summed E-state index contributed by atoms with van der Waals surface area (Å²) < 4.78 is 18.4. The molecule has 0 amide bonds. The Morgan fingerprint density at radius 3 is 3.14 bits per heavy atom. The van der Waals surface area contributed by atoms with Crippen LogP contribution in [0.1, 0.15) is 18.2 Å². The highest BCUT2D eigenvalue weighted by molar-refractivity contribution is 7.13. The number of hydrogen-bond donors (Lipinski definition) is 1. The Morgan fingerprint density at radius 2 is 2.41 bits per heavy atom. The summed E-state index contributed by atoms with van der Waals surface area (Å²) in [5.41, 5.74) is 3.59. The molecule has 22 heavy (non-hydrogen) atoms. The SMILES string of the molecule is CCOC(=O)Cc1csc(NN=Cc2ccc(Cl)cc2F)n1. The fourth-order valence-corrected chi connectivity index (χ4v) is 2.38. The van der Waals surface area contributed by atoms with Gasteiger partial charge in [0.2, 0.25) is 5.13 Å². The van der Waals surface area contributed by atoms with E-state index < -0.39 is 5.82 Å². The second kappa shape index (κ2) is 7.86. The highest BCUT2D eigenvalue weighted by atomic mass is 35.5. The number of hydrogen-bond acceptors (Lipinski definition) is 6. The smallest absolute Gasteiger partial charge is 0.311 e. The Morgan fingerprint density at radius 1 is 1.59 bits per heavy atom. The molecule has 0 spiro atoms. The van der Waals surface area contributed by atoms with E-state index in [0.29, 0.717) is 28.0 Å². The lowest BCUT2D eigenvalue weighted by Crippen LogP contribution is -2.07. The average molecular weight is 342 g/mol. The minimum Gasteiger partial charge on any atom is -0.466 e. The maximum absolute atomic E-state index is 13.5. The van der Waals surface area contributed by atoms with E-state index in [1.807, 2.05) is 0 Å². The van der Waals surface area contributed by atoms with Crippen molar-refractivity contribution >= 4 is 40.3 Å². The maximum Gasteiger partial charge on any atom is 0.311 e. The van der Waals surface area contributed by atoms with Crippen LogP contribution in [0.15, 0.2) is 28.7 Å². The van der Waals surface area contributed by atoms with E-state index in [2.05, 4.69) is 15.5 Å². The standard InChI is InChI=1S/C14H13ClFN3O2S/c1-2-21-13(20)6-11-8-22-14(18-11)19-17-7-9-3-4-10(15)5-12(9)16/h3-5,7-8H,2,6H2,1H3,(H,18,19). The number of thiazole rings is 1. The predicted molar refractivity (Wildman–Crippen MR) is 85.1 cm³/mol. The van der Waals surface area contributed by atoms with E-state index >= 15 is 0 Å². The van der Waals surface area contributed by atoms with Crippen LogP contribution in [0.2, 0.25) is 5.02 Å². The van der Waals surface area contributed by atoms with Crippen molar-refractivity contribution in [2.75, 3.05) is 12.0 Å². The van der Waals surface area contributed by atoms with Gasteiger partial charge in [0.15, 0.2) is 0 Å². The molecule has 0 bridgehead atoms. The topological polar surface area (TPSA) is 63.6 Å². The van der Waals surface area contributed by atoms with Crippen LogP contribution < -0.4 is 5.43 Å². The first-order chi connectivity index (χ1) is 10.6. The summed E-state index contributed by atoms with van der Waals surface area (Å²) in [4.78, 5) is 15.5. The molecule has 8 heteroatoms. The molecule has 0 aliphatic carbocycles. The Labute approximate surface area is 135 Å². The van der Waals surface area contributed by atoms with E-state index in [0.717, 1.165) is 0 Å². The average Bonchev–Trinajstić information content (AvgIpc) is 2.89. The third kappa shape index (κ3) is 4.78. The van der Waals surface area contributed by atoms with Gasteiger partial charge >= 0.3 is 5.97 Å². The van der Waals surface area contributed by atoms with Gasteiger partial charge in [-0.15, -0.1) is 11.3 Å². The van der Waals surface area contributed by atoms with Crippen molar-refractivity contribution in [1.29, 1.82) is 0 Å². The van der Waals surface area contributed by atoms with Crippen molar-refractivity contribution < 1.29 is 13.9 Å². The van der Waals surface area contributed by atoms with Crippen LogP contribution in [0, 0.1) is 5.82 Å². The van der Waals surface area contributed by atoms with Gasteiger partial charge in [0, 0.05) is 16.0 Å². The van der Waals surface area contributed by atoms with Crippen LogP contribution >= 0.6 is 22.9 Å². The van der Waals surface area contributed by atoms with E-state index in [1.54, 1.807) is 18.4 Å². The molecule has 116 valence electrons. The van der Waals surface area contributed by atoms with E-state index in [4.69, 9.17) is 16.3 Å². The highest BCUT2D eigenvalue weighted by Gasteiger charge is 2.08. The molecule has 1 aromatic heterocycles. The summed E-state index contributed by atoms with van der Waals surface area (Å²) in [6.07, 6.45) is 1.44. The van der Waals surface area contributed by atoms with Crippen LogP contribution in [0.3, 0.4) is 0 Å². The number of ether oxygens (including phenoxy) is 1. The molecule has 0 atom stereocenters. The van der Waals surface area contributed by atoms with Gasteiger partial charge in [0.05, 0.1) is 24.9 Å². The van der Waals surface area contributed by atoms with Gasteiger partial charge in [-0.3, -0.25) is 10.2 Å². The highest BCUT2D eigenvalue weighted by Crippen LogP contribution is 2.16. The molecule has 2 rings (SSSR count). The number of esters is 1. The number of benzene rings is 1. The van der Waals surface area contributed by atoms with Gasteiger partial charge in [0.1, 0.15) is 5.82 Å². The first-order valence-electron chi connectivity index (χ1n) is 6.42. The molecule has 1 heterocycles.